The highest BCUT2D eigenvalue weighted by molar-refractivity contribution is 7.15. The molecule has 0 radical (unpaired) electrons. The minimum atomic E-state index is -0.388. The van der Waals surface area contributed by atoms with Crippen molar-refractivity contribution in [3.63, 3.8) is 0 Å². The van der Waals surface area contributed by atoms with Crippen LogP contribution in [0.15, 0.2) is 17.8 Å². The molecule has 0 unspecified atom stereocenters. The zero-order chi connectivity index (χ0) is 16.4. The molecule has 1 saturated carbocycles. The highest BCUT2D eigenvalue weighted by atomic mass is 32.1. The number of hydrogen-bond acceptors (Lipinski definition) is 6. The van der Waals surface area contributed by atoms with E-state index in [-0.39, 0.29) is 17.6 Å². The van der Waals surface area contributed by atoms with Gasteiger partial charge in [-0.15, -0.1) is 11.3 Å². The number of rotatable bonds is 5. The second-order valence-corrected chi connectivity index (χ2v) is 6.27. The van der Waals surface area contributed by atoms with Gasteiger partial charge in [-0.1, -0.05) is 0 Å². The van der Waals surface area contributed by atoms with Gasteiger partial charge in [-0.25, -0.2) is 9.78 Å². The lowest BCUT2D eigenvalue weighted by molar-refractivity contribution is 0.0527. The Morgan fingerprint density at radius 1 is 1.35 bits per heavy atom. The number of nitrogens with zero attached hydrogens (tertiary/aromatic N) is 2. The number of carbonyl (C=O) groups is 2. The van der Waals surface area contributed by atoms with Crippen LogP contribution in [0.4, 0.5) is 5.00 Å². The summed E-state index contributed by atoms with van der Waals surface area (Å²) in [6.45, 7) is 3.87. The van der Waals surface area contributed by atoms with E-state index in [0.29, 0.717) is 23.1 Å². The summed E-state index contributed by atoms with van der Waals surface area (Å²) in [7, 11) is 0. The molecule has 0 saturated heterocycles. The smallest absolute Gasteiger partial charge is 0.341 e. The zero-order valence-corrected chi connectivity index (χ0v) is 13.8. The quantitative estimate of drug-likeness (QED) is 0.851. The van der Waals surface area contributed by atoms with E-state index in [1.54, 1.807) is 13.8 Å². The SMILES string of the molecule is CCOC(=O)c1c(C2CC2)csc1NC(=O)c1cnc(C)cn1. The van der Waals surface area contributed by atoms with Crippen LogP contribution < -0.4 is 5.32 Å². The van der Waals surface area contributed by atoms with Gasteiger partial charge >= 0.3 is 5.97 Å². The second-order valence-electron chi connectivity index (χ2n) is 5.39. The fourth-order valence-electron chi connectivity index (χ4n) is 2.25. The average molecular weight is 331 g/mol. The molecule has 7 heteroatoms. The van der Waals surface area contributed by atoms with Gasteiger partial charge < -0.3 is 10.1 Å². The Morgan fingerprint density at radius 3 is 2.74 bits per heavy atom. The zero-order valence-electron chi connectivity index (χ0n) is 13.0. The molecule has 1 aliphatic carbocycles. The number of carbonyl (C=O) groups excluding carboxylic acids is 2. The summed E-state index contributed by atoms with van der Waals surface area (Å²) in [5.74, 6) is -0.372. The van der Waals surface area contributed by atoms with Crippen LogP contribution in [0.2, 0.25) is 0 Å². The molecule has 1 N–H and O–H groups in total. The predicted octanol–water partition coefficient (Wildman–Crippen LogP) is 3.15. The minimum Gasteiger partial charge on any atom is -0.462 e. The number of aromatic nitrogens is 2. The lowest BCUT2D eigenvalue weighted by Crippen LogP contribution is -2.16. The molecule has 1 amide bonds. The molecule has 120 valence electrons. The number of anilines is 1. The van der Waals surface area contributed by atoms with Crippen molar-refractivity contribution in [2.24, 2.45) is 0 Å². The Labute approximate surface area is 137 Å². The van der Waals surface area contributed by atoms with Gasteiger partial charge in [-0.2, -0.15) is 0 Å². The minimum absolute atomic E-state index is 0.215. The number of aryl methyl sites for hydroxylation is 1. The number of esters is 1. The first kappa shape index (κ1) is 15.6. The average Bonchev–Trinajstić information content (AvgIpc) is 3.29. The standard InChI is InChI=1S/C16H17N3O3S/c1-3-22-16(21)13-11(10-4-5-10)8-23-15(13)19-14(20)12-7-17-9(2)6-18-12/h6-8,10H,3-5H2,1-2H3,(H,19,20). The monoisotopic (exact) mass is 331 g/mol. The van der Waals surface area contributed by atoms with Crippen LogP contribution in [-0.4, -0.2) is 28.5 Å². The normalized spacial score (nSPS) is 13.7. The number of nitrogens with one attached hydrogen (secondary N) is 1. The Kier molecular flexibility index (Phi) is 4.38. The summed E-state index contributed by atoms with van der Waals surface area (Å²) in [6, 6.07) is 0. The third-order valence-electron chi connectivity index (χ3n) is 3.56. The molecule has 23 heavy (non-hydrogen) atoms. The van der Waals surface area contributed by atoms with Gasteiger partial charge in [0.25, 0.3) is 5.91 Å². The van der Waals surface area contributed by atoms with Gasteiger partial charge in [0, 0.05) is 6.20 Å². The predicted molar refractivity (Wildman–Crippen MR) is 87.0 cm³/mol. The van der Waals surface area contributed by atoms with Crippen LogP contribution >= 0.6 is 11.3 Å². The molecule has 0 atom stereocenters. The van der Waals surface area contributed by atoms with E-state index in [9.17, 15) is 9.59 Å². The van der Waals surface area contributed by atoms with E-state index >= 15 is 0 Å². The molecule has 0 aliphatic heterocycles. The van der Waals surface area contributed by atoms with Crippen molar-refractivity contribution in [3.8, 4) is 0 Å². The molecule has 0 bridgehead atoms. The highest BCUT2D eigenvalue weighted by Crippen LogP contribution is 2.46. The lowest BCUT2D eigenvalue weighted by Gasteiger charge is -2.08. The van der Waals surface area contributed by atoms with Gasteiger partial charge in [-0.3, -0.25) is 9.78 Å². The molecule has 3 rings (SSSR count). The Balaban J connectivity index is 1.85. The summed E-state index contributed by atoms with van der Waals surface area (Å²) in [4.78, 5) is 32.7. The van der Waals surface area contributed by atoms with E-state index in [0.717, 1.165) is 24.1 Å². The molecule has 6 nitrogen and oxygen atoms in total. The van der Waals surface area contributed by atoms with Crippen molar-refractivity contribution in [2.75, 3.05) is 11.9 Å². The highest BCUT2D eigenvalue weighted by Gasteiger charge is 2.32. The van der Waals surface area contributed by atoms with Crippen molar-refractivity contribution < 1.29 is 14.3 Å². The van der Waals surface area contributed by atoms with E-state index in [1.165, 1.54) is 23.7 Å². The summed E-state index contributed by atoms with van der Waals surface area (Å²) in [5.41, 5.74) is 2.40. The number of ether oxygens (including phenoxy) is 1. The third-order valence-corrected chi connectivity index (χ3v) is 4.47. The van der Waals surface area contributed by atoms with Crippen LogP contribution in [0.1, 0.15) is 57.8 Å². The van der Waals surface area contributed by atoms with Crippen molar-refractivity contribution in [1.29, 1.82) is 0 Å². The maximum atomic E-state index is 12.3. The molecule has 2 aromatic heterocycles. The maximum absolute atomic E-state index is 12.3. The molecule has 1 fully saturated rings. The summed E-state index contributed by atoms with van der Waals surface area (Å²) in [6.07, 6.45) is 5.09. The lowest BCUT2D eigenvalue weighted by atomic mass is 10.1. The van der Waals surface area contributed by atoms with E-state index in [4.69, 9.17) is 4.74 Å². The van der Waals surface area contributed by atoms with Crippen LogP contribution in [0, 0.1) is 6.92 Å². The van der Waals surface area contributed by atoms with Crippen LogP contribution in [0.3, 0.4) is 0 Å². The first-order valence-corrected chi connectivity index (χ1v) is 8.36. The number of amides is 1. The van der Waals surface area contributed by atoms with Gasteiger partial charge in [0.15, 0.2) is 0 Å². The first-order chi connectivity index (χ1) is 11.1. The Hall–Kier alpha value is -2.28. The Morgan fingerprint density at radius 2 is 2.13 bits per heavy atom. The van der Waals surface area contributed by atoms with Crippen LogP contribution in [0.5, 0.6) is 0 Å². The molecule has 2 heterocycles. The first-order valence-electron chi connectivity index (χ1n) is 7.48. The van der Waals surface area contributed by atoms with Gasteiger partial charge in [-0.05, 0) is 43.6 Å². The van der Waals surface area contributed by atoms with Crippen molar-refractivity contribution in [1.82, 2.24) is 9.97 Å². The maximum Gasteiger partial charge on any atom is 0.341 e. The van der Waals surface area contributed by atoms with E-state index in [2.05, 4.69) is 15.3 Å². The van der Waals surface area contributed by atoms with E-state index < -0.39 is 0 Å². The molecule has 0 aromatic carbocycles. The molecule has 0 spiro atoms. The molecular formula is C16H17N3O3S. The number of hydrogen-bond donors (Lipinski definition) is 1. The third kappa shape index (κ3) is 3.39. The topological polar surface area (TPSA) is 81.2 Å². The molecular weight excluding hydrogens is 314 g/mol. The fraction of sp³-hybridized carbons (Fsp3) is 0.375. The van der Waals surface area contributed by atoms with Crippen LogP contribution in [0.25, 0.3) is 0 Å². The summed E-state index contributed by atoms with van der Waals surface area (Å²) >= 11 is 1.34. The second kappa shape index (κ2) is 6.45. The largest absolute Gasteiger partial charge is 0.462 e. The van der Waals surface area contributed by atoms with Crippen molar-refractivity contribution in [3.05, 3.63) is 40.3 Å². The number of thiophene rings is 1. The Bertz CT molecular complexity index is 736. The molecule has 1 aliphatic rings. The van der Waals surface area contributed by atoms with E-state index in [1.807, 2.05) is 5.38 Å². The van der Waals surface area contributed by atoms with Crippen molar-refractivity contribution in [2.45, 2.75) is 32.6 Å². The summed E-state index contributed by atoms with van der Waals surface area (Å²) < 4.78 is 5.14. The van der Waals surface area contributed by atoms with Gasteiger partial charge in [0.1, 0.15) is 10.7 Å². The van der Waals surface area contributed by atoms with Gasteiger partial charge in [0.05, 0.1) is 24.1 Å². The van der Waals surface area contributed by atoms with Crippen LogP contribution in [-0.2, 0) is 4.74 Å². The fourth-order valence-corrected chi connectivity index (χ4v) is 3.27. The van der Waals surface area contributed by atoms with Crippen molar-refractivity contribution >= 4 is 28.2 Å². The molecule has 2 aromatic rings. The summed E-state index contributed by atoms with van der Waals surface area (Å²) in [5, 5.41) is 5.21. The van der Waals surface area contributed by atoms with Gasteiger partial charge in [0.2, 0.25) is 0 Å².